The van der Waals surface area contributed by atoms with E-state index in [9.17, 15) is 4.79 Å². The molecule has 0 radical (unpaired) electrons. The van der Waals surface area contributed by atoms with Gasteiger partial charge in [-0.3, -0.25) is 0 Å². The van der Waals surface area contributed by atoms with Crippen molar-refractivity contribution >= 4 is 6.03 Å². The van der Waals surface area contributed by atoms with Gasteiger partial charge in [-0.05, 0) is 29.7 Å². The highest BCUT2D eigenvalue weighted by Gasteiger charge is 2.35. The predicted octanol–water partition coefficient (Wildman–Crippen LogP) is 1.32. The molecular formula is C12H14N2O2. The zero-order valence-electron chi connectivity index (χ0n) is 9.19. The number of fused-ring (bicyclic) bond motifs is 3. The van der Waals surface area contributed by atoms with Crippen LogP contribution in [0.4, 0.5) is 4.79 Å². The average molecular weight is 218 g/mol. The Morgan fingerprint density at radius 1 is 1.50 bits per heavy atom. The highest BCUT2D eigenvalue weighted by atomic mass is 16.5. The van der Waals surface area contributed by atoms with Gasteiger partial charge in [-0.2, -0.15) is 0 Å². The van der Waals surface area contributed by atoms with Gasteiger partial charge < -0.3 is 15.0 Å². The van der Waals surface area contributed by atoms with Gasteiger partial charge in [0.1, 0.15) is 5.75 Å². The van der Waals surface area contributed by atoms with Gasteiger partial charge in [-0.15, -0.1) is 0 Å². The Kier molecular flexibility index (Phi) is 2.02. The van der Waals surface area contributed by atoms with E-state index in [2.05, 4.69) is 17.4 Å². The molecule has 16 heavy (non-hydrogen) atoms. The molecule has 1 N–H and O–H groups in total. The summed E-state index contributed by atoms with van der Waals surface area (Å²) in [5.74, 6) is 0.893. The number of hydrogen-bond acceptors (Lipinski definition) is 2. The van der Waals surface area contributed by atoms with E-state index in [1.54, 1.807) is 7.11 Å². The lowest BCUT2D eigenvalue weighted by atomic mass is 9.93. The molecular weight excluding hydrogens is 204 g/mol. The molecule has 0 aromatic heterocycles. The van der Waals surface area contributed by atoms with E-state index in [1.807, 2.05) is 11.0 Å². The Hall–Kier alpha value is -1.71. The van der Waals surface area contributed by atoms with Crippen LogP contribution in [0.2, 0.25) is 0 Å². The Balaban J connectivity index is 2.01. The SMILES string of the molecule is COc1ccc2c(c1)CCN1C(=O)NCC21. The Labute approximate surface area is 94.2 Å². The second kappa shape index (κ2) is 3.40. The van der Waals surface area contributed by atoms with Gasteiger partial charge in [0.15, 0.2) is 0 Å². The molecule has 1 atom stereocenters. The first-order valence-electron chi connectivity index (χ1n) is 5.51. The number of carbonyl (C=O) groups is 1. The van der Waals surface area contributed by atoms with Gasteiger partial charge in [0.2, 0.25) is 0 Å². The summed E-state index contributed by atoms with van der Waals surface area (Å²) in [5, 5.41) is 2.89. The number of carbonyl (C=O) groups excluding carboxylic acids is 1. The van der Waals surface area contributed by atoms with E-state index in [-0.39, 0.29) is 12.1 Å². The molecule has 0 spiro atoms. The molecule has 1 unspecified atom stereocenters. The first-order valence-corrected chi connectivity index (χ1v) is 5.51. The fourth-order valence-corrected chi connectivity index (χ4v) is 2.56. The molecule has 1 fully saturated rings. The van der Waals surface area contributed by atoms with Crippen LogP contribution in [0.3, 0.4) is 0 Å². The standard InChI is InChI=1S/C12H14N2O2/c1-16-9-2-3-10-8(6-9)4-5-14-11(10)7-13-12(14)15/h2-3,6,11H,4-5,7H2,1H3,(H,13,15). The molecule has 0 saturated carbocycles. The maximum absolute atomic E-state index is 11.5. The van der Waals surface area contributed by atoms with E-state index in [0.717, 1.165) is 25.3 Å². The molecule has 2 amide bonds. The van der Waals surface area contributed by atoms with Gasteiger partial charge >= 0.3 is 6.03 Å². The van der Waals surface area contributed by atoms with Crippen molar-refractivity contribution in [3.63, 3.8) is 0 Å². The molecule has 1 aromatic rings. The van der Waals surface area contributed by atoms with Crippen molar-refractivity contribution < 1.29 is 9.53 Å². The van der Waals surface area contributed by atoms with Crippen LogP contribution in [0.15, 0.2) is 18.2 Å². The number of nitrogens with zero attached hydrogens (tertiary/aromatic N) is 1. The molecule has 0 bridgehead atoms. The van der Waals surface area contributed by atoms with E-state index < -0.39 is 0 Å². The Morgan fingerprint density at radius 3 is 3.19 bits per heavy atom. The maximum atomic E-state index is 11.5. The van der Waals surface area contributed by atoms with Crippen molar-refractivity contribution in [1.29, 1.82) is 0 Å². The maximum Gasteiger partial charge on any atom is 0.318 e. The minimum Gasteiger partial charge on any atom is -0.497 e. The molecule has 0 aliphatic carbocycles. The normalized spacial score (nSPS) is 22.4. The number of nitrogens with one attached hydrogen (secondary N) is 1. The van der Waals surface area contributed by atoms with Crippen LogP contribution in [-0.4, -0.2) is 31.1 Å². The van der Waals surface area contributed by atoms with Crippen LogP contribution in [-0.2, 0) is 6.42 Å². The fourth-order valence-electron chi connectivity index (χ4n) is 2.56. The summed E-state index contributed by atoms with van der Waals surface area (Å²) in [6.07, 6.45) is 0.913. The van der Waals surface area contributed by atoms with Gasteiger partial charge in [-0.25, -0.2) is 4.79 Å². The number of methoxy groups -OCH3 is 1. The number of amides is 2. The average Bonchev–Trinajstić information content (AvgIpc) is 2.70. The van der Waals surface area contributed by atoms with Crippen LogP contribution in [0.5, 0.6) is 5.75 Å². The van der Waals surface area contributed by atoms with E-state index in [0.29, 0.717) is 0 Å². The molecule has 2 aliphatic heterocycles. The van der Waals surface area contributed by atoms with Crippen LogP contribution in [0, 0.1) is 0 Å². The summed E-state index contributed by atoms with van der Waals surface area (Å²) in [7, 11) is 1.68. The van der Waals surface area contributed by atoms with E-state index in [1.165, 1.54) is 11.1 Å². The lowest BCUT2D eigenvalue weighted by Crippen LogP contribution is -2.35. The fraction of sp³-hybridized carbons (Fsp3) is 0.417. The summed E-state index contributed by atoms with van der Waals surface area (Å²) < 4.78 is 5.22. The molecule has 4 nitrogen and oxygen atoms in total. The first-order chi connectivity index (χ1) is 7.79. The molecule has 2 aliphatic rings. The second-order valence-electron chi connectivity index (χ2n) is 4.21. The van der Waals surface area contributed by atoms with Crippen molar-refractivity contribution in [3.05, 3.63) is 29.3 Å². The summed E-state index contributed by atoms with van der Waals surface area (Å²) in [4.78, 5) is 13.4. The number of rotatable bonds is 1. The molecule has 2 heterocycles. The Morgan fingerprint density at radius 2 is 2.38 bits per heavy atom. The van der Waals surface area contributed by atoms with Crippen LogP contribution in [0.25, 0.3) is 0 Å². The van der Waals surface area contributed by atoms with Crippen LogP contribution < -0.4 is 10.1 Å². The molecule has 3 rings (SSSR count). The minimum absolute atomic E-state index is 0.0615. The topological polar surface area (TPSA) is 41.6 Å². The van der Waals surface area contributed by atoms with E-state index in [4.69, 9.17) is 4.74 Å². The Bertz CT molecular complexity index is 445. The quantitative estimate of drug-likeness (QED) is 0.772. The van der Waals surface area contributed by atoms with Crippen LogP contribution >= 0.6 is 0 Å². The van der Waals surface area contributed by atoms with Crippen molar-refractivity contribution in [3.8, 4) is 5.75 Å². The molecule has 1 saturated heterocycles. The monoisotopic (exact) mass is 218 g/mol. The molecule has 84 valence electrons. The van der Waals surface area contributed by atoms with Gasteiger partial charge in [-0.1, -0.05) is 6.07 Å². The summed E-state index contributed by atoms with van der Waals surface area (Å²) in [6, 6.07) is 6.39. The van der Waals surface area contributed by atoms with Crippen molar-refractivity contribution in [2.75, 3.05) is 20.2 Å². The third-order valence-electron chi connectivity index (χ3n) is 3.41. The van der Waals surface area contributed by atoms with Crippen molar-refractivity contribution in [2.24, 2.45) is 0 Å². The largest absolute Gasteiger partial charge is 0.497 e. The molecule has 4 heteroatoms. The molecule has 1 aromatic carbocycles. The van der Waals surface area contributed by atoms with Crippen molar-refractivity contribution in [2.45, 2.75) is 12.5 Å². The van der Waals surface area contributed by atoms with Gasteiger partial charge in [0.25, 0.3) is 0 Å². The zero-order chi connectivity index (χ0) is 11.1. The summed E-state index contributed by atoms with van der Waals surface area (Å²) >= 11 is 0. The number of urea groups is 1. The minimum atomic E-state index is 0.0615. The first kappa shape index (κ1) is 9.51. The number of hydrogen-bond donors (Lipinski definition) is 1. The lowest BCUT2D eigenvalue weighted by molar-refractivity contribution is 0.200. The number of benzene rings is 1. The zero-order valence-corrected chi connectivity index (χ0v) is 9.19. The number of ether oxygens (including phenoxy) is 1. The summed E-state index contributed by atoms with van der Waals surface area (Å²) in [5.41, 5.74) is 2.56. The van der Waals surface area contributed by atoms with E-state index >= 15 is 0 Å². The predicted molar refractivity (Wildman–Crippen MR) is 59.5 cm³/mol. The highest BCUT2D eigenvalue weighted by Crippen LogP contribution is 2.33. The second-order valence-corrected chi connectivity index (χ2v) is 4.21. The highest BCUT2D eigenvalue weighted by molar-refractivity contribution is 5.77. The van der Waals surface area contributed by atoms with Crippen LogP contribution in [0.1, 0.15) is 17.2 Å². The third kappa shape index (κ3) is 1.26. The van der Waals surface area contributed by atoms with Crippen molar-refractivity contribution in [1.82, 2.24) is 10.2 Å². The third-order valence-corrected chi connectivity index (χ3v) is 3.41. The lowest BCUT2D eigenvalue weighted by Gasteiger charge is -2.30. The van der Waals surface area contributed by atoms with Gasteiger partial charge in [0, 0.05) is 13.1 Å². The van der Waals surface area contributed by atoms with Gasteiger partial charge in [0.05, 0.1) is 13.2 Å². The smallest absolute Gasteiger partial charge is 0.318 e. The summed E-state index contributed by atoms with van der Waals surface area (Å²) in [6.45, 7) is 1.52.